The van der Waals surface area contributed by atoms with Crippen molar-refractivity contribution in [2.24, 2.45) is 0 Å². The van der Waals surface area contributed by atoms with E-state index in [1.807, 2.05) is 0 Å². The van der Waals surface area contributed by atoms with Crippen LogP contribution >= 0.6 is 0 Å². The Morgan fingerprint density at radius 3 is 2.67 bits per heavy atom. The summed E-state index contributed by atoms with van der Waals surface area (Å²) in [4.78, 5) is 22.5. The predicted octanol–water partition coefficient (Wildman–Crippen LogP) is 0.147. The number of hydrogen-bond donors (Lipinski definition) is 3. The number of carboxylic acids is 1. The van der Waals surface area contributed by atoms with E-state index in [1.165, 1.54) is 12.3 Å². The third kappa shape index (κ3) is 1.58. The van der Waals surface area contributed by atoms with Gasteiger partial charge in [0, 0.05) is 6.20 Å². The highest BCUT2D eigenvalue weighted by Crippen LogP contribution is 2.32. The van der Waals surface area contributed by atoms with Gasteiger partial charge in [0.1, 0.15) is 11.2 Å². The molecule has 3 N–H and O–H groups in total. The quantitative estimate of drug-likeness (QED) is 0.660. The Bertz CT molecular complexity index is 381. The van der Waals surface area contributed by atoms with Gasteiger partial charge in [-0.25, -0.2) is 4.79 Å². The van der Waals surface area contributed by atoms with E-state index < -0.39 is 17.4 Å². The van der Waals surface area contributed by atoms with Crippen molar-refractivity contribution in [3.63, 3.8) is 0 Å². The van der Waals surface area contributed by atoms with E-state index in [1.54, 1.807) is 0 Å². The Morgan fingerprint density at radius 1 is 1.53 bits per heavy atom. The van der Waals surface area contributed by atoms with Crippen LogP contribution < -0.4 is 5.32 Å². The van der Waals surface area contributed by atoms with Gasteiger partial charge in [-0.1, -0.05) is 0 Å². The van der Waals surface area contributed by atoms with Crippen molar-refractivity contribution in [2.75, 3.05) is 0 Å². The number of nitrogens with one attached hydrogen (secondary N) is 2. The minimum absolute atomic E-state index is 0.280. The smallest absolute Gasteiger partial charge is 0.329 e. The Hall–Kier alpha value is -1.85. The van der Waals surface area contributed by atoms with Gasteiger partial charge >= 0.3 is 5.97 Å². The Kier molecular flexibility index (Phi) is 2.18. The molecule has 0 spiro atoms. The number of aliphatic carboxylic acids is 1. The van der Waals surface area contributed by atoms with Crippen LogP contribution in [0.15, 0.2) is 12.3 Å². The number of aromatic amines is 1. The van der Waals surface area contributed by atoms with E-state index in [4.69, 9.17) is 5.11 Å². The van der Waals surface area contributed by atoms with Crippen LogP contribution in [0, 0.1) is 0 Å². The average Bonchev–Trinajstić information content (AvgIpc) is 2.62. The summed E-state index contributed by atoms with van der Waals surface area (Å²) in [6.45, 7) is 0. The molecule has 2 rings (SSSR count). The first-order valence-corrected chi connectivity index (χ1v) is 4.69. The fourth-order valence-electron chi connectivity index (χ4n) is 1.59. The highest BCUT2D eigenvalue weighted by molar-refractivity contribution is 5.96. The van der Waals surface area contributed by atoms with Crippen LogP contribution in [0.4, 0.5) is 0 Å². The number of H-pyrrole nitrogens is 1. The third-order valence-electron chi connectivity index (χ3n) is 2.71. The number of aromatic nitrogens is 2. The predicted molar refractivity (Wildman–Crippen MR) is 50.3 cm³/mol. The highest BCUT2D eigenvalue weighted by atomic mass is 16.4. The molecule has 1 aromatic heterocycles. The normalized spacial score (nSPS) is 17.9. The summed E-state index contributed by atoms with van der Waals surface area (Å²) >= 11 is 0. The van der Waals surface area contributed by atoms with Gasteiger partial charge in [0.05, 0.1) is 0 Å². The lowest BCUT2D eigenvalue weighted by atomic mass is 9.76. The highest BCUT2D eigenvalue weighted by Gasteiger charge is 2.45. The van der Waals surface area contributed by atoms with Crippen LogP contribution in [0.25, 0.3) is 0 Å². The molecule has 1 aromatic rings. The molecule has 6 nitrogen and oxygen atoms in total. The molecule has 1 amide bonds. The molecule has 1 fully saturated rings. The Morgan fingerprint density at radius 2 is 2.27 bits per heavy atom. The van der Waals surface area contributed by atoms with Gasteiger partial charge in [-0.05, 0) is 25.3 Å². The molecule has 80 valence electrons. The molecule has 1 heterocycles. The summed E-state index contributed by atoms with van der Waals surface area (Å²) in [5.41, 5.74) is -0.787. The number of amides is 1. The van der Waals surface area contributed by atoms with Gasteiger partial charge in [0.15, 0.2) is 0 Å². The summed E-state index contributed by atoms with van der Waals surface area (Å²) in [5, 5.41) is 17.6. The van der Waals surface area contributed by atoms with Crippen molar-refractivity contribution in [1.82, 2.24) is 15.5 Å². The third-order valence-corrected chi connectivity index (χ3v) is 2.71. The van der Waals surface area contributed by atoms with E-state index in [9.17, 15) is 9.59 Å². The van der Waals surface area contributed by atoms with Gasteiger partial charge in [0.2, 0.25) is 0 Å². The molecule has 1 aliphatic rings. The summed E-state index contributed by atoms with van der Waals surface area (Å²) in [5.74, 6) is -1.39. The second kappa shape index (κ2) is 3.38. The maximum atomic E-state index is 11.6. The van der Waals surface area contributed by atoms with Crippen molar-refractivity contribution in [3.05, 3.63) is 18.0 Å². The standard InChI is InChI=1S/C9H11N3O3/c13-7(6-2-5-10-12-6)11-9(8(14)15)3-1-4-9/h2,5H,1,3-4H2,(H,10,12)(H,11,13)(H,14,15). The molecule has 0 saturated heterocycles. The summed E-state index contributed by atoms with van der Waals surface area (Å²) in [6, 6.07) is 1.50. The number of carbonyl (C=O) groups is 2. The molecule has 0 bridgehead atoms. The molecule has 0 unspecified atom stereocenters. The van der Waals surface area contributed by atoms with E-state index in [0.717, 1.165) is 6.42 Å². The van der Waals surface area contributed by atoms with Crippen molar-refractivity contribution >= 4 is 11.9 Å². The second-order valence-electron chi connectivity index (χ2n) is 3.67. The zero-order chi connectivity index (χ0) is 10.9. The molecule has 1 aliphatic carbocycles. The molecular weight excluding hydrogens is 198 g/mol. The van der Waals surface area contributed by atoms with E-state index >= 15 is 0 Å². The van der Waals surface area contributed by atoms with Crippen LogP contribution in [0.5, 0.6) is 0 Å². The number of carbonyl (C=O) groups excluding carboxylic acids is 1. The molecule has 0 aromatic carbocycles. The lowest BCUT2D eigenvalue weighted by Gasteiger charge is -2.37. The number of carboxylic acid groups (broad SMARTS) is 1. The van der Waals surface area contributed by atoms with Crippen LogP contribution in [-0.2, 0) is 4.79 Å². The van der Waals surface area contributed by atoms with Crippen LogP contribution in [0.2, 0.25) is 0 Å². The van der Waals surface area contributed by atoms with Gasteiger partial charge in [-0.2, -0.15) is 5.10 Å². The van der Waals surface area contributed by atoms with Crippen molar-refractivity contribution in [2.45, 2.75) is 24.8 Å². The van der Waals surface area contributed by atoms with Gasteiger partial charge < -0.3 is 10.4 Å². The lowest BCUT2D eigenvalue weighted by molar-refractivity contribution is -0.148. The van der Waals surface area contributed by atoms with Crippen LogP contribution in [0.1, 0.15) is 29.8 Å². The maximum Gasteiger partial charge on any atom is 0.329 e. The number of rotatable bonds is 3. The minimum atomic E-state index is -1.07. The summed E-state index contributed by atoms with van der Waals surface area (Å²) in [6.07, 6.45) is 3.25. The topological polar surface area (TPSA) is 95.1 Å². The second-order valence-corrected chi connectivity index (χ2v) is 3.67. The largest absolute Gasteiger partial charge is 0.480 e. The van der Waals surface area contributed by atoms with Gasteiger partial charge in [-0.15, -0.1) is 0 Å². The van der Waals surface area contributed by atoms with E-state index in [2.05, 4.69) is 15.5 Å². The summed E-state index contributed by atoms with van der Waals surface area (Å²) < 4.78 is 0. The van der Waals surface area contributed by atoms with Crippen molar-refractivity contribution in [1.29, 1.82) is 0 Å². The fourth-order valence-corrected chi connectivity index (χ4v) is 1.59. The molecule has 0 atom stereocenters. The van der Waals surface area contributed by atoms with E-state index in [-0.39, 0.29) is 5.69 Å². The molecular formula is C9H11N3O3. The van der Waals surface area contributed by atoms with E-state index in [0.29, 0.717) is 12.8 Å². The molecule has 1 saturated carbocycles. The SMILES string of the molecule is O=C(NC1(C(=O)O)CCC1)c1ccn[nH]1. The Balaban J connectivity index is 2.08. The first kappa shape index (κ1) is 9.70. The van der Waals surface area contributed by atoms with Crippen LogP contribution in [-0.4, -0.2) is 32.7 Å². The molecule has 15 heavy (non-hydrogen) atoms. The average molecular weight is 209 g/mol. The zero-order valence-electron chi connectivity index (χ0n) is 7.99. The van der Waals surface area contributed by atoms with Crippen molar-refractivity contribution < 1.29 is 14.7 Å². The number of hydrogen-bond acceptors (Lipinski definition) is 3. The van der Waals surface area contributed by atoms with Crippen molar-refractivity contribution in [3.8, 4) is 0 Å². The zero-order valence-corrected chi connectivity index (χ0v) is 7.99. The Labute approximate surface area is 85.7 Å². The molecule has 6 heteroatoms. The lowest BCUT2D eigenvalue weighted by Crippen LogP contribution is -2.59. The fraction of sp³-hybridized carbons (Fsp3) is 0.444. The van der Waals surface area contributed by atoms with Crippen LogP contribution in [0.3, 0.4) is 0 Å². The van der Waals surface area contributed by atoms with Gasteiger partial charge in [-0.3, -0.25) is 9.89 Å². The number of nitrogens with zero attached hydrogens (tertiary/aromatic N) is 1. The summed E-state index contributed by atoms with van der Waals surface area (Å²) in [7, 11) is 0. The minimum Gasteiger partial charge on any atom is -0.480 e. The molecule has 0 aliphatic heterocycles. The monoisotopic (exact) mass is 209 g/mol. The maximum absolute atomic E-state index is 11.6. The first-order chi connectivity index (χ1) is 7.14. The molecule has 0 radical (unpaired) electrons. The first-order valence-electron chi connectivity index (χ1n) is 4.69. The van der Waals surface area contributed by atoms with Gasteiger partial charge in [0.25, 0.3) is 5.91 Å².